The summed E-state index contributed by atoms with van der Waals surface area (Å²) in [4.78, 5) is 26.6. The van der Waals surface area contributed by atoms with Crippen LogP contribution < -0.4 is 5.32 Å². The molecule has 0 fully saturated rings. The summed E-state index contributed by atoms with van der Waals surface area (Å²) in [5.74, 6) is -0.241. The van der Waals surface area contributed by atoms with E-state index in [1.165, 1.54) is 4.90 Å². The average Bonchev–Trinajstić information content (AvgIpc) is 2.95. The van der Waals surface area contributed by atoms with E-state index in [1.54, 1.807) is 18.4 Å². The molecule has 0 atom stereocenters. The molecule has 2 amide bonds. The monoisotopic (exact) mass is 316 g/mol. The van der Waals surface area contributed by atoms with Crippen molar-refractivity contribution in [3.8, 4) is 0 Å². The molecule has 5 heteroatoms. The number of thiophene rings is 1. The van der Waals surface area contributed by atoms with Crippen molar-refractivity contribution in [2.75, 3.05) is 18.9 Å². The number of aryl methyl sites for hydroxylation is 2. The van der Waals surface area contributed by atoms with Gasteiger partial charge in [-0.1, -0.05) is 18.2 Å². The van der Waals surface area contributed by atoms with Gasteiger partial charge < -0.3 is 10.2 Å². The number of rotatable bonds is 5. The lowest BCUT2D eigenvalue weighted by Gasteiger charge is -2.17. The van der Waals surface area contributed by atoms with Crippen LogP contribution in [0.2, 0.25) is 0 Å². The molecule has 116 valence electrons. The Morgan fingerprint density at radius 1 is 1.23 bits per heavy atom. The molecule has 0 bridgehead atoms. The predicted octanol–water partition coefficient (Wildman–Crippen LogP) is 3.00. The lowest BCUT2D eigenvalue weighted by atomic mass is 10.1. The van der Waals surface area contributed by atoms with E-state index in [4.69, 9.17) is 0 Å². The van der Waals surface area contributed by atoms with Crippen molar-refractivity contribution in [3.63, 3.8) is 0 Å². The molecule has 1 N–H and O–H groups in total. The van der Waals surface area contributed by atoms with Gasteiger partial charge in [0.15, 0.2) is 0 Å². The summed E-state index contributed by atoms with van der Waals surface area (Å²) in [6.45, 7) is 3.98. The number of carbonyl (C=O) groups excluding carboxylic acids is 2. The SMILES string of the molecule is Cc1ccc(C)c(NC(=O)CN(C)C(=O)Cc2cccs2)c1. The first-order valence-electron chi connectivity index (χ1n) is 7.09. The Balaban J connectivity index is 1.90. The van der Waals surface area contributed by atoms with Crippen molar-refractivity contribution in [1.82, 2.24) is 4.90 Å². The number of anilines is 1. The standard InChI is InChI=1S/C17H20N2O2S/c1-12-6-7-13(2)15(9-12)18-16(20)11-19(3)17(21)10-14-5-4-8-22-14/h4-9H,10-11H2,1-3H3,(H,18,20). The number of hydrogen-bond acceptors (Lipinski definition) is 3. The van der Waals surface area contributed by atoms with E-state index in [2.05, 4.69) is 5.32 Å². The zero-order valence-electron chi connectivity index (χ0n) is 13.1. The molecule has 0 aliphatic heterocycles. The van der Waals surface area contributed by atoms with Crippen molar-refractivity contribution >= 4 is 28.8 Å². The highest BCUT2D eigenvalue weighted by Crippen LogP contribution is 2.16. The number of nitrogens with one attached hydrogen (secondary N) is 1. The lowest BCUT2D eigenvalue weighted by molar-refractivity contribution is -0.132. The summed E-state index contributed by atoms with van der Waals surface area (Å²) in [7, 11) is 1.65. The van der Waals surface area contributed by atoms with Gasteiger partial charge in [0.05, 0.1) is 13.0 Å². The summed E-state index contributed by atoms with van der Waals surface area (Å²) >= 11 is 1.55. The van der Waals surface area contributed by atoms with Gasteiger partial charge in [-0.2, -0.15) is 0 Å². The number of hydrogen-bond donors (Lipinski definition) is 1. The quantitative estimate of drug-likeness (QED) is 0.922. The Bertz CT molecular complexity index is 665. The second-order valence-corrected chi connectivity index (χ2v) is 6.40. The fraction of sp³-hybridized carbons (Fsp3) is 0.294. The topological polar surface area (TPSA) is 49.4 Å². The van der Waals surface area contributed by atoms with Crippen LogP contribution in [-0.2, 0) is 16.0 Å². The Morgan fingerprint density at radius 3 is 2.68 bits per heavy atom. The molecule has 0 aliphatic carbocycles. The van der Waals surface area contributed by atoms with Crippen LogP contribution in [0.3, 0.4) is 0 Å². The molecule has 0 radical (unpaired) electrons. The highest BCUT2D eigenvalue weighted by molar-refractivity contribution is 7.10. The van der Waals surface area contributed by atoms with Gasteiger partial charge in [0.25, 0.3) is 0 Å². The Kier molecular flexibility index (Phi) is 5.33. The predicted molar refractivity (Wildman–Crippen MR) is 90.2 cm³/mol. The number of amides is 2. The van der Waals surface area contributed by atoms with Gasteiger partial charge in [-0.05, 0) is 42.5 Å². The zero-order valence-corrected chi connectivity index (χ0v) is 13.9. The fourth-order valence-corrected chi connectivity index (χ4v) is 2.76. The van der Waals surface area contributed by atoms with Gasteiger partial charge in [0.2, 0.25) is 11.8 Å². The molecule has 2 aromatic rings. The summed E-state index contributed by atoms with van der Waals surface area (Å²) in [6, 6.07) is 9.74. The molecule has 1 aromatic heterocycles. The smallest absolute Gasteiger partial charge is 0.243 e. The molecule has 4 nitrogen and oxygen atoms in total. The van der Waals surface area contributed by atoms with Gasteiger partial charge in [0, 0.05) is 17.6 Å². The maximum atomic E-state index is 12.1. The minimum absolute atomic E-state index is 0.0532. The molecule has 0 saturated heterocycles. The summed E-state index contributed by atoms with van der Waals surface area (Å²) < 4.78 is 0. The van der Waals surface area contributed by atoms with Crippen LogP contribution in [0.4, 0.5) is 5.69 Å². The van der Waals surface area contributed by atoms with Crippen molar-refractivity contribution in [1.29, 1.82) is 0 Å². The maximum absolute atomic E-state index is 12.1. The molecular weight excluding hydrogens is 296 g/mol. The van der Waals surface area contributed by atoms with Crippen molar-refractivity contribution in [2.45, 2.75) is 20.3 Å². The first kappa shape index (κ1) is 16.2. The van der Waals surface area contributed by atoms with Crippen LogP contribution in [0.5, 0.6) is 0 Å². The van der Waals surface area contributed by atoms with Crippen LogP contribution >= 0.6 is 11.3 Å². The molecule has 1 heterocycles. The molecule has 0 unspecified atom stereocenters. The average molecular weight is 316 g/mol. The highest BCUT2D eigenvalue weighted by atomic mass is 32.1. The molecule has 0 aliphatic rings. The number of carbonyl (C=O) groups is 2. The summed E-state index contributed by atoms with van der Waals surface area (Å²) in [5, 5.41) is 4.81. The molecular formula is C17H20N2O2S. The van der Waals surface area contributed by atoms with Gasteiger partial charge in [-0.15, -0.1) is 11.3 Å². The van der Waals surface area contributed by atoms with Gasteiger partial charge in [0.1, 0.15) is 0 Å². The molecule has 1 aromatic carbocycles. The summed E-state index contributed by atoms with van der Waals surface area (Å²) in [6.07, 6.45) is 0.338. The van der Waals surface area contributed by atoms with E-state index in [-0.39, 0.29) is 18.4 Å². The minimum Gasteiger partial charge on any atom is -0.336 e. The molecule has 22 heavy (non-hydrogen) atoms. The number of benzene rings is 1. The van der Waals surface area contributed by atoms with Crippen molar-refractivity contribution in [2.24, 2.45) is 0 Å². The molecule has 0 spiro atoms. The fourth-order valence-electron chi connectivity index (χ4n) is 2.06. The van der Waals surface area contributed by atoms with Crippen LogP contribution in [0.25, 0.3) is 0 Å². The van der Waals surface area contributed by atoms with Crippen LogP contribution in [0, 0.1) is 13.8 Å². The van der Waals surface area contributed by atoms with Gasteiger partial charge >= 0.3 is 0 Å². The molecule has 2 rings (SSSR count). The number of likely N-dealkylation sites (N-methyl/N-ethyl adjacent to an activating group) is 1. The highest BCUT2D eigenvalue weighted by Gasteiger charge is 2.14. The summed E-state index contributed by atoms with van der Waals surface area (Å²) in [5.41, 5.74) is 2.89. The van der Waals surface area contributed by atoms with Crippen LogP contribution in [0.1, 0.15) is 16.0 Å². The first-order valence-corrected chi connectivity index (χ1v) is 7.97. The maximum Gasteiger partial charge on any atom is 0.243 e. The van der Waals surface area contributed by atoms with E-state index in [0.29, 0.717) is 6.42 Å². The van der Waals surface area contributed by atoms with Gasteiger partial charge in [-0.3, -0.25) is 9.59 Å². The largest absolute Gasteiger partial charge is 0.336 e. The van der Waals surface area contributed by atoms with Gasteiger partial charge in [-0.25, -0.2) is 0 Å². The second kappa shape index (κ2) is 7.22. The van der Waals surface area contributed by atoms with E-state index >= 15 is 0 Å². The third kappa shape index (κ3) is 4.43. The van der Waals surface area contributed by atoms with E-state index < -0.39 is 0 Å². The second-order valence-electron chi connectivity index (χ2n) is 5.37. The van der Waals surface area contributed by atoms with Crippen molar-refractivity contribution in [3.05, 3.63) is 51.7 Å². The molecule has 0 saturated carbocycles. The zero-order chi connectivity index (χ0) is 16.1. The Hall–Kier alpha value is -2.14. The van der Waals surface area contributed by atoms with E-state index in [0.717, 1.165) is 21.7 Å². The third-order valence-electron chi connectivity index (χ3n) is 3.38. The minimum atomic E-state index is -0.185. The van der Waals surface area contributed by atoms with Crippen LogP contribution in [-0.4, -0.2) is 30.3 Å². The number of nitrogens with zero attached hydrogens (tertiary/aromatic N) is 1. The van der Waals surface area contributed by atoms with E-state index in [9.17, 15) is 9.59 Å². The normalized spacial score (nSPS) is 10.3. The lowest BCUT2D eigenvalue weighted by Crippen LogP contribution is -2.35. The Labute approximate surface area is 134 Å². The van der Waals surface area contributed by atoms with Crippen LogP contribution in [0.15, 0.2) is 35.7 Å². The third-order valence-corrected chi connectivity index (χ3v) is 4.26. The van der Waals surface area contributed by atoms with Crippen molar-refractivity contribution < 1.29 is 9.59 Å². The Morgan fingerprint density at radius 2 is 2.00 bits per heavy atom. The van der Waals surface area contributed by atoms with E-state index in [1.807, 2.05) is 49.6 Å². The first-order chi connectivity index (χ1) is 10.5.